The third-order valence-corrected chi connectivity index (χ3v) is 3.77. The third-order valence-electron chi connectivity index (χ3n) is 3.77. The predicted molar refractivity (Wildman–Crippen MR) is 82.5 cm³/mol. The maximum absolute atomic E-state index is 9.09. The van der Waals surface area contributed by atoms with Crippen molar-refractivity contribution in [1.29, 1.82) is 0 Å². The number of nitrogens with one attached hydrogen (secondary N) is 1. The van der Waals surface area contributed by atoms with Gasteiger partial charge in [-0.2, -0.15) is 0 Å². The number of aliphatic hydroxyl groups is 1. The van der Waals surface area contributed by atoms with Crippen LogP contribution >= 0.6 is 0 Å². The number of anilines is 2. The van der Waals surface area contributed by atoms with Gasteiger partial charge in [-0.05, 0) is 40.0 Å². The average molecular weight is 278 g/mol. The summed E-state index contributed by atoms with van der Waals surface area (Å²) >= 11 is 0. The molecule has 1 aliphatic carbocycles. The van der Waals surface area contributed by atoms with Crippen LogP contribution in [0.2, 0.25) is 0 Å². The summed E-state index contributed by atoms with van der Waals surface area (Å²) in [5.74, 6) is 3.43. The Balaban J connectivity index is 2.37. The monoisotopic (exact) mass is 278 g/mol. The van der Waals surface area contributed by atoms with Gasteiger partial charge in [0.15, 0.2) is 0 Å². The normalized spacial score (nSPS) is 14.7. The van der Waals surface area contributed by atoms with Gasteiger partial charge in [-0.1, -0.05) is 0 Å². The average Bonchev–Trinajstić information content (AvgIpc) is 3.25. The topological polar surface area (TPSA) is 61.3 Å². The molecule has 1 saturated carbocycles. The van der Waals surface area contributed by atoms with Gasteiger partial charge in [0.25, 0.3) is 0 Å². The summed E-state index contributed by atoms with van der Waals surface area (Å²) in [5.41, 5.74) is 1.09. The molecule has 1 aromatic heterocycles. The number of hydrogen-bond acceptors (Lipinski definition) is 5. The summed E-state index contributed by atoms with van der Waals surface area (Å²) < 4.78 is 0. The van der Waals surface area contributed by atoms with Crippen LogP contribution in [0.4, 0.5) is 11.6 Å². The molecule has 0 aliphatic heterocycles. The van der Waals surface area contributed by atoms with Gasteiger partial charge in [0.05, 0.1) is 0 Å². The smallest absolute Gasteiger partial charge is 0.137 e. The summed E-state index contributed by atoms with van der Waals surface area (Å²) in [7, 11) is 1.91. The molecule has 0 unspecified atom stereocenters. The molecule has 0 spiro atoms. The maximum Gasteiger partial charge on any atom is 0.137 e. The largest absolute Gasteiger partial charge is 0.396 e. The van der Waals surface area contributed by atoms with E-state index < -0.39 is 0 Å². The lowest BCUT2D eigenvalue weighted by atomic mass is 10.2. The van der Waals surface area contributed by atoms with Crippen LogP contribution in [0.5, 0.6) is 0 Å². The number of aliphatic hydroxyl groups excluding tert-OH is 1. The van der Waals surface area contributed by atoms with Crippen molar-refractivity contribution in [1.82, 2.24) is 9.97 Å². The van der Waals surface area contributed by atoms with E-state index in [1.807, 2.05) is 7.05 Å². The molecule has 1 fully saturated rings. The molecule has 1 aliphatic rings. The minimum Gasteiger partial charge on any atom is -0.396 e. The molecule has 1 heterocycles. The quantitative estimate of drug-likeness (QED) is 0.801. The maximum atomic E-state index is 9.09. The van der Waals surface area contributed by atoms with Crippen LogP contribution in [0.1, 0.15) is 50.4 Å². The van der Waals surface area contributed by atoms with Crippen LogP contribution in [0.25, 0.3) is 0 Å². The second-order valence-electron chi connectivity index (χ2n) is 5.77. The lowest BCUT2D eigenvalue weighted by molar-refractivity contribution is 0.288. The fraction of sp³-hybridized carbons (Fsp3) is 0.733. The van der Waals surface area contributed by atoms with E-state index in [9.17, 15) is 0 Å². The van der Waals surface area contributed by atoms with E-state index in [4.69, 9.17) is 10.1 Å². The van der Waals surface area contributed by atoms with Crippen LogP contribution in [-0.4, -0.2) is 41.3 Å². The van der Waals surface area contributed by atoms with Crippen LogP contribution in [0, 0.1) is 6.92 Å². The van der Waals surface area contributed by atoms with Crippen LogP contribution in [0.3, 0.4) is 0 Å². The van der Waals surface area contributed by atoms with Gasteiger partial charge in [0.2, 0.25) is 0 Å². The van der Waals surface area contributed by atoms with Crippen molar-refractivity contribution in [3.05, 3.63) is 11.4 Å². The predicted octanol–water partition coefficient (Wildman–Crippen LogP) is 2.30. The highest BCUT2D eigenvalue weighted by Crippen LogP contribution is 2.40. The highest BCUT2D eigenvalue weighted by molar-refractivity contribution is 5.59. The Morgan fingerprint density at radius 1 is 1.35 bits per heavy atom. The zero-order valence-corrected chi connectivity index (χ0v) is 13.0. The summed E-state index contributed by atoms with van der Waals surface area (Å²) in [6, 6.07) is 0.354. The summed E-state index contributed by atoms with van der Waals surface area (Å²) in [6.45, 7) is 7.41. The van der Waals surface area contributed by atoms with Crippen molar-refractivity contribution in [3.8, 4) is 0 Å². The van der Waals surface area contributed by atoms with Gasteiger partial charge in [-0.25, -0.2) is 9.97 Å². The first-order chi connectivity index (χ1) is 9.58. The molecular formula is C15H26N4O. The zero-order chi connectivity index (χ0) is 14.7. The third kappa shape index (κ3) is 3.20. The van der Waals surface area contributed by atoms with E-state index in [1.165, 1.54) is 12.8 Å². The molecule has 112 valence electrons. The highest BCUT2D eigenvalue weighted by Gasteiger charge is 2.29. The minimum absolute atomic E-state index is 0.210. The molecule has 0 atom stereocenters. The van der Waals surface area contributed by atoms with E-state index in [2.05, 4.69) is 36.0 Å². The number of rotatable bonds is 7. The molecule has 0 aromatic carbocycles. The Morgan fingerprint density at radius 3 is 2.55 bits per heavy atom. The Hall–Kier alpha value is -1.36. The minimum atomic E-state index is 0.210. The second kappa shape index (κ2) is 6.39. The lowest BCUT2D eigenvalue weighted by Crippen LogP contribution is -2.34. The van der Waals surface area contributed by atoms with E-state index in [0.717, 1.165) is 36.0 Å². The van der Waals surface area contributed by atoms with Crippen LogP contribution in [0.15, 0.2) is 0 Å². The van der Waals surface area contributed by atoms with Gasteiger partial charge >= 0.3 is 0 Å². The van der Waals surface area contributed by atoms with E-state index >= 15 is 0 Å². The zero-order valence-electron chi connectivity index (χ0n) is 13.0. The van der Waals surface area contributed by atoms with Crippen molar-refractivity contribution in [2.45, 2.75) is 52.0 Å². The van der Waals surface area contributed by atoms with Crippen LogP contribution < -0.4 is 10.2 Å². The molecule has 5 heteroatoms. The molecule has 0 amide bonds. The molecule has 2 rings (SSSR count). The van der Waals surface area contributed by atoms with E-state index in [0.29, 0.717) is 12.0 Å². The Morgan fingerprint density at radius 2 is 2.05 bits per heavy atom. The number of aromatic nitrogens is 2. The van der Waals surface area contributed by atoms with Crippen molar-refractivity contribution in [2.75, 3.05) is 30.4 Å². The molecule has 0 saturated heterocycles. The molecule has 20 heavy (non-hydrogen) atoms. The first-order valence-electron chi connectivity index (χ1n) is 7.52. The Labute approximate surface area is 121 Å². The summed E-state index contributed by atoms with van der Waals surface area (Å²) in [5, 5.41) is 12.3. The number of hydrogen-bond donors (Lipinski definition) is 2. The van der Waals surface area contributed by atoms with Gasteiger partial charge in [0, 0.05) is 37.7 Å². The Bertz CT molecular complexity index is 457. The highest BCUT2D eigenvalue weighted by atomic mass is 16.3. The fourth-order valence-corrected chi connectivity index (χ4v) is 2.42. The van der Waals surface area contributed by atoms with Crippen molar-refractivity contribution < 1.29 is 5.11 Å². The lowest BCUT2D eigenvalue weighted by Gasteiger charge is -2.30. The second-order valence-corrected chi connectivity index (χ2v) is 5.77. The molecule has 5 nitrogen and oxygen atoms in total. The Kier molecular flexibility index (Phi) is 4.81. The van der Waals surface area contributed by atoms with Gasteiger partial charge < -0.3 is 15.3 Å². The number of nitrogens with zero attached hydrogens (tertiary/aromatic N) is 3. The first kappa shape index (κ1) is 15.0. The summed E-state index contributed by atoms with van der Waals surface area (Å²) in [6.07, 6.45) is 3.16. The van der Waals surface area contributed by atoms with Gasteiger partial charge in [-0.3, -0.25) is 0 Å². The van der Waals surface area contributed by atoms with Crippen molar-refractivity contribution in [3.63, 3.8) is 0 Å². The first-order valence-corrected chi connectivity index (χ1v) is 7.52. The van der Waals surface area contributed by atoms with Crippen LogP contribution in [-0.2, 0) is 0 Å². The van der Waals surface area contributed by atoms with Gasteiger partial charge in [0.1, 0.15) is 17.5 Å². The van der Waals surface area contributed by atoms with Crippen molar-refractivity contribution >= 4 is 11.6 Å². The fourth-order valence-electron chi connectivity index (χ4n) is 2.42. The van der Waals surface area contributed by atoms with E-state index in [1.54, 1.807) is 0 Å². The molecule has 2 N–H and O–H groups in total. The SMILES string of the molecule is CNc1nc(C2CC2)nc(N(CCCO)C(C)C)c1C. The van der Waals surface area contributed by atoms with Gasteiger partial charge in [-0.15, -0.1) is 0 Å². The van der Waals surface area contributed by atoms with E-state index in [-0.39, 0.29) is 6.61 Å². The standard InChI is InChI=1S/C15H26N4O/c1-10(2)19(8-5-9-20)15-11(3)13(16-4)17-14(18-15)12-6-7-12/h10,12,20H,5-9H2,1-4H3,(H,16,17,18). The molecule has 0 radical (unpaired) electrons. The summed E-state index contributed by atoms with van der Waals surface area (Å²) in [4.78, 5) is 11.7. The molecule has 1 aromatic rings. The van der Waals surface area contributed by atoms with Crippen molar-refractivity contribution in [2.24, 2.45) is 0 Å². The molecular weight excluding hydrogens is 252 g/mol. The molecule has 0 bridgehead atoms.